The number of amides is 1. The lowest BCUT2D eigenvalue weighted by molar-refractivity contribution is -0.141. The Morgan fingerprint density at radius 1 is 1.50 bits per heavy atom. The number of hydrogen-bond donors (Lipinski definition) is 2. The van der Waals surface area contributed by atoms with Gasteiger partial charge in [-0.2, -0.15) is 13.2 Å². The third kappa shape index (κ3) is 2.92. The Bertz CT molecular complexity index is 479. The van der Waals surface area contributed by atoms with Crippen molar-refractivity contribution >= 4 is 11.6 Å². The molecular formula is C13H16F3N3O. The van der Waals surface area contributed by atoms with Gasteiger partial charge in [-0.15, -0.1) is 0 Å². The first-order valence-corrected chi connectivity index (χ1v) is 6.43. The molecule has 0 bridgehead atoms. The van der Waals surface area contributed by atoms with Crippen molar-refractivity contribution in [1.82, 2.24) is 10.3 Å². The van der Waals surface area contributed by atoms with E-state index in [4.69, 9.17) is 0 Å². The zero-order valence-corrected chi connectivity index (χ0v) is 11.0. The highest BCUT2D eigenvalue weighted by atomic mass is 19.4. The molecule has 0 radical (unpaired) electrons. The van der Waals surface area contributed by atoms with Crippen LogP contribution in [0.1, 0.15) is 25.5 Å². The van der Waals surface area contributed by atoms with Crippen LogP contribution in [0.4, 0.5) is 18.9 Å². The smallest absolute Gasteiger partial charge is 0.324 e. The number of anilines is 1. The number of pyridine rings is 1. The molecule has 7 heteroatoms. The molecule has 0 aliphatic carbocycles. The number of aromatic nitrogens is 1. The van der Waals surface area contributed by atoms with E-state index in [-0.39, 0.29) is 11.6 Å². The largest absolute Gasteiger partial charge is 0.433 e. The number of alkyl halides is 3. The number of carbonyl (C=O) groups is 1. The number of rotatable bonds is 3. The van der Waals surface area contributed by atoms with Gasteiger partial charge < -0.3 is 10.6 Å². The van der Waals surface area contributed by atoms with Gasteiger partial charge in [0.15, 0.2) is 0 Å². The molecule has 1 fully saturated rings. The van der Waals surface area contributed by atoms with Gasteiger partial charge in [-0.1, -0.05) is 6.92 Å². The van der Waals surface area contributed by atoms with E-state index in [9.17, 15) is 18.0 Å². The standard InChI is InChI=1S/C13H16F3N3O/c1-2-12(5-6-17-8-12)11(20)19-9-3-4-10(18-7-9)13(14,15)16/h3-4,7,17H,2,5-6,8H2,1H3,(H,19,20). The molecule has 1 unspecified atom stereocenters. The van der Waals surface area contributed by atoms with Crippen LogP contribution in [-0.4, -0.2) is 24.0 Å². The second-order valence-corrected chi connectivity index (χ2v) is 4.94. The highest BCUT2D eigenvalue weighted by molar-refractivity contribution is 5.95. The minimum absolute atomic E-state index is 0.174. The molecular weight excluding hydrogens is 271 g/mol. The van der Waals surface area contributed by atoms with Crippen LogP contribution in [0.25, 0.3) is 0 Å². The lowest BCUT2D eigenvalue weighted by Gasteiger charge is -2.25. The third-order valence-corrected chi connectivity index (χ3v) is 3.71. The number of nitrogens with one attached hydrogen (secondary N) is 2. The zero-order valence-electron chi connectivity index (χ0n) is 11.0. The average Bonchev–Trinajstić information content (AvgIpc) is 2.88. The highest BCUT2D eigenvalue weighted by Crippen LogP contribution is 2.31. The van der Waals surface area contributed by atoms with E-state index in [2.05, 4.69) is 15.6 Å². The topological polar surface area (TPSA) is 54.0 Å². The molecule has 1 aromatic rings. The summed E-state index contributed by atoms with van der Waals surface area (Å²) in [5, 5.41) is 5.78. The van der Waals surface area contributed by atoms with E-state index in [1.165, 1.54) is 6.07 Å². The molecule has 2 heterocycles. The van der Waals surface area contributed by atoms with E-state index >= 15 is 0 Å². The Hall–Kier alpha value is -1.63. The van der Waals surface area contributed by atoms with Gasteiger partial charge in [-0.05, 0) is 31.5 Å². The molecule has 1 aliphatic rings. The number of halogens is 3. The Morgan fingerprint density at radius 3 is 2.70 bits per heavy atom. The summed E-state index contributed by atoms with van der Waals surface area (Å²) in [7, 11) is 0. The maximum atomic E-state index is 12.4. The van der Waals surface area contributed by atoms with Crippen molar-refractivity contribution in [2.45, 2.75) is 25.9 Å². The van der Waals surface area contributed by atoms with Crippen LogP contribution in [0.2, 0.25) is 0 Å². The summed E-state index contributed by atoms with van der Waals surface area (Å²) in [5.74, 6) is -0.174. The monoisotopic (exact) mass is 287 g/mol. The Morgan fingerprint density at radius 2 is 2.25 bits per heavy atom. The summed E-state index contributed by atoms with van der Waals surface area (Å²) >= 11 is 0. The molecule has 0 saturated carbocycles. The molecule has 1 aliphatic heterocycles. The maximum Gasteiger partial charge on any atom is 0.433 e. The van der Waals surface area contributed by atoms with Gasteiger partial charge in [0.25, 0.3) is 0 Å². The summed E-state index contributed by atoms with van der Waals surface area (Å²) in [6.45, 7) is 3.29. The first-order chi connectivity index (χ1) is 9.37. The molecule has 1 saturated heterocycles. The van der Waals surface area contributed by atoms with Crippen LogP contribution in [0.3, 0.4) is 0 Å². The second-order valence-electron chi connectivity index (χ2n) is 4.94. The fraction of sp³-hybridized carbons (Fsp3) is 0.538. The van der Waals surface area contributed by atoms with Gasteiger partial charge >= 0.3 is 6.18 Å². The van der Waals surface area contributed by atoms with Crippen LogP contribution >= 0.6 is 0 Å². The van der Waals surface area contributed by atoms with Crippen molar-refractivity contribution in [2.75, 3.05) is 18.4 Å². The van der Waals surface area contributed by atoms with Crippen molar-refractivity contribution < 1.29 is 18.0 Å². The zero-order chi connectivity index (χ0) is 14.8. The van der Waals surface area contributed by atoms with E-state index in [0.29, 0.717) is 13.0 Å². The minimum Gasteiger partial charge on any atom is -0.324 e. The predicted octanol–water partition coefficient (Wildman–Crippen LogP) is 2.43. The van der Waals surface area contributed by atoms with Crippen LogP contribution in [0, 0.1) is 5.41 Å². The fourth-order valence-electron chi connectivity index (χ4n) is 2.30. The van der Waals surface area contributed by atoms with E-state index in [1.54, 1.807) is 0 Å². The fourth-order valence-corrected chi connectivity index (χ4v) is 2.30. The first-order valence-electron chi connectivity index (χ1n) is 6.43. The van der Waals surface area contributed by atoms with E-state index in [0.717, 1.165) is 25.2 Å². The quantitative estimate of drug-likeness (QED) is 0.897. The van der Waals surface area contributed by atoms with Crippen molar-refractivity contribution in [3.63, 3.8) is 0 Å². The SMILES string of the molecule is CCC1(C(=O)Nc2ccc(C(F)(F)F)nc2)CCNC1. The molecule has 1 amide bonds. The molecule has 20 heavy (non-hydrogen) atoms. The Kier molecular flexibility index (Phi) is 3.99. The summed E-state index contributed by atoms with van der Waals surface area (Å²) < 4.78 is 37.2. The lowest BCUT2D eigenvalue weighted by Crippen LogP contribution is -2.37. The summed E-state index contributed by atoms with van der Waals surface area (Å²) in [5.41, 5.74) is -1.17. The van der Waals surface area contributed by atoms with Crippen molar-refractivity contribution in [3.05, 3.63) is 24.0 Å². The van der Waals surface area contributed by atoms with Gasteiger partial charge in [0.2, 0.25) is 5.91 Å². The summed E-state index contributed by atoms with van der Waals surface area (Å²) in [6, 6.07) is 2.08. The van der Waals surface area contributed by atoms with Crippen LogP contribution in [0.5, 0.6) is 0 Å². The third-order valence-electron chi connectivity index (χ3n) is 3.71. The molecule has 1 aromatic heterocycles. The average molecular weight is 287 g/mol. The highest BCUT2D eigenvalue weighted by Gasteiger charge is 2.39. The van der Waals surface area contributed by atoms with Gasteiger partial charge in [-0.25, -0.2) is 4.98 Å². The van der Waals surface area contributed by atoms with Crippen molar-refractivity contribution in [1.29, 1.82) is 0 Å². The van der Waals surface area contributed by atoms with Gasteiger partial charge in [0.05, 0.1) is 17.3 Å². The summed E-state index contributed by atoms with van der Waals surface area (Å²) in [6.07, 6.45) is -2.03. The molecule has 0 spiro atoms. The lowest BCUT2D eigenvalue weighted by atomic mass is 9.83. The Labute approximate surface area is 114 Å². The number of nitrogens with zero attached hydrogens (tertiary/aromatic N) is 1. The first kappa shape index (κ1) is 14.8. The second kappa shape index (κ2) is 5.40. The van der Waals surface area contributed by atoms with Gasteiger partial charge in [0, 0.05) is 6.54 Å². The van der Waals surface area contributed by atoms with Gasteiger partial charge in [-0.3, -0.25) is 4.79 Å². The van der Waals surface area contributed by atoms with Crippen LogP contribution in [0.15, 0.2) is 18.3 Å². The number of carbonyl (C=O) groups excluding carboxylic acids is 1. The molecule has 110 valence electrons. The van der Waals surface area contributed by atoms with Gasteiger partial charge in [0.1, 0.15) is 5.69 Å². The maximum absolute atomic E-state index is 12.4. The predicted molar refractivity (Wildman–Crippen MR) is 68.1 cm³/mol. The van der Waals surface area contributed by atoms with Crippen LogP contribution < -0.4 is 10.6 Å². The molecule has 0 aromatic carbocycles. The number of hydrogen-bond acceptors (Lipinski definition) is 3. The molecule has 2 N–H and O–H groups in total. The van der Waals surface area contributed by atoms with Crippen molar-refractivity contribution in [2.24, 2.45) is 5.41 Å². The molecule has 2 rings (SSSR count). The van der Waals surface area contributed by atoms with E-state index in [1.807, 2.05) is 6.92 Å². The molecule has 1 atom stereocenters. The minimum atomic E-state index is -4.47. The normalized spacial score (nSPS) is 22.8. The van der Waals surface area contributed by atoms with Crippen molar-refractivity contribution in [3.8, 4) is 0 Å². The Balaban J connectivity index is 2.08. The summed E-state index contributed by atoms with van der Waals surface area (Å²) in [4.78, 5) is 15.6. The van der Waals surface area contributed by atoms with E-state index < -0.39 is 17.3 Å². The molecule has 4 nitrogen and oxygen atoms in total. The van der Waals surface area contributed by atoms with Crippen LogP contribution in [-0.2, 0) is 11.0 Å².